The third-order valence-corrected chi connectivity index (χ3v) is 6.41. The van der Waals surface area contributed by atoms with Crippen LogP contribution in [0.15, 0.2) is 24.3 Å². The number of aromatic nitrogens is 1. The average molecular weight is 429 g/mol. The first-order chi connectivity index (χ1) is 14.7. The number of Topliss-reactive ketones (excluding diaryl/α,β-unsaturated/α-hetero) is 1. The number of ether oxygens (including phenoxy) is 1. The Bertz CT molecular complexity index is 1010. The lowest BCUT2D eigenvalue weighted by Gasteiger charge is -2.35. The van der Waals surface area contributed by atoms with Crippen LogP contribution in [0.25, 0.3) is 0 Å². The van der Waals surface area contributed by atoms with Crippen LogP contribution in [-0.4, -0.2) is 40.3 Å². The van der Waals surface area contributed by atoms with Gasteiger partial charge in [-0.25, -0.2) is 9.18 Å². The summed E-state index contributed by atoms with van der Waals surface area (Å²) in [5.41, 5.74) is 2.70. The van der Waals surface area contributed by atoms with Crippen molar-refractivity contribution in [3.05, 3.63) is 58.2 Å². The second-order valence-electron chi connectivity index (χ2n) is 8.25. The molecule has 1 aromatic heterocycles. The summed E-state index contributed by atoms with van der Waals surface area (Å²) in [5, 5.41) is 0. The Kier molecular flexibility index (Phi) is 6.62. The van der Waals surface area contributed by atoms with Gasteiger partial charge in [0, 0.05) is 30.8 Å². The van der Waals surface area contributed by atoms with E-state index in [-0.39, 0.29) is 30.0 Å². The molecule has 0 spiro atoms. The van der Waals surface area contributed by atoms with E-state index in [0.29, 0.717) is 22.5 Å². The van der Waals surface area contributed by atoms with Gasteiger partial charge in [-0.2, -0.15) is 0 Å². The summed E-state index contributed by atoms with van der Waals surface area (Å²) in [7, 11) is 3.02. The van der Waals surface area contributed by atoms with E-state index in [1.807, 2.05) is 0 Å². The molecule has 1 amide bonds. The first kappa shape index (κ1) is 22.7. The van der Waals surface area contributed by atoms with Crippen LogP contribution in [0, 0.1) is 25.6 Å². The van der Waals surface area contributed by atoms with Crippen LogP contribution in [0.4, 0.5) is 4.39 Å². The molecule has 0 aliphatic heterocycles. The van der Waals surface area contributed by atoms with Crippen LogP contribution in [0.2, 0.25) is 0 Å². The number of hydrogen-bond acceptors (Lipinski definition) is 4. The van der Waals surface area contributed by atoms with Crippen LogP contribution < -0.4 is 0 Å². The molecule has 1 atom stereocenters. The van der Waals surface area contributed by atoms with Gasteiger partial charge in [-0.3, -0.25) is 9.59 Å². The molecule has 1 fully saturated rings. The van der Waals surface area contributed by atoms with E-state index in [2.05, 4.69) is 0 Å². The van der Waals surface area contributed by atoms with E-state index < -0.39 is 12.0 Å². The molecule has 1 aliphatic carbocycles. The Hall–Kier alpha value is -2.96. The van der Waals surface area contributed by atoms with E-state index in [1.54, 1.807) is 49.4 Å². The Morgan fingerprint density at radius 2 is 1.81 bits per heavy atom. The van der Waals surface area contributed by atoms with Gasteiger partial charge in [-0.15, -0.1) is 0 Å². The summed E-state index contributed by atoms with van der Waals surface area (Å²) < 4.78 is 19.9. The lowest BCUT2D eigenvalue weighted by Crippen LogP contribution is -2.47. The van der Waals surface area contributed by atoms with Gasteiger partial charge in [0.25, 0.3) is 0 Å². The minimum Gasteiger partial charge on any atom is -0.464 e. The van der Waals surface area contributed by atoms with Crippen molar-refractivity contribution in [2.24, 2.45) is 13.0 Å². The largest absolute Gasteiger partial charge is 0.464 e. The van der Waals surface area contributed by atoms with Gasteiger partial charge in [0.15, 0.2) is 5.78 Å². The predicted molar refractivity (Wildman–Crippen MR) is 114 cm³/mol. The number of carbonyl (C=O) groups excluding carboxylic acids is 3. The van der Waals surface area contributed by atoms with E-state index in [4.69, 9.17) is 4.74 Å². The number of ketones is 1. The summed E-state index contributed by atoms with van der Waals surface area (Å²) in [6.45, 7) is 5.43. The number of methoxy groups -OCH3 is 1. The minimum atomic E-state index is -0.733. The van der Waals surface area contributed by atoms with Crippen molar-refractivity contribution < 1.29 is 23.5 Å². The fraction of sp³-hybridized carbons (Fsp3) is 0.458. The van der Waals surface area contributed by atoms with E-state index >= 15 is 0 Å². The molecule has 6 nitrogen and oxygen atoms in total. The van der Waals surface area contributed by atoms with Gasteiger partial charge in [0.1, 0.15) is 11.5 Å². The molecule has 0 radical (unpaired) electrons. The average Bonchev–Trinajstić information content (AvgIpc) is 2.93. The van der Waals surface area contributed by atoms with Crippen molar-refractivity contribution in [2.45, 2.75) is 52.6 Å². The SMILES string of the molecule is COC(=O)c1c(C)c(C(=O)[C@H](C)N(Cc2ccc(F)cc2)C(=O)C2CCC2)c(C)n1C. The monoisotopic (exact) mass is 428 g/mol. The number of amides is 1. The predicted octanol–water partition coefficient (Wildman–Crippen LogP) is 3.97. The molecule has 7 heteroatoms. The van der Waals surface area contributed by atoms with Crippen LogP contribution in [0.1, 0.15) is 63.9 Å². The lowest BCUT2D eigenvalue weighted by atomic mass is 9.83. The fourth-order valence-corrected chi connectivity index (χ4v) is 4.16. The highest BCUT2D eigenvalue weighted by molar-refractivity contribution is 6.06. The Morgan fingerprint density at radius 3 is 2.32 bits per heavy atom. The number of halogens is 1. The molecule has 0 saturated heterocycles. The molecule has 1 aromatic carbocycles. The number of hydrogen-bond donors (Lipinski definition) is 0. The Morgan fingerprint density at radius 1 is 1.19 bits per heavy atom. The molecule has 0 unspecified atom stereocenters. The van der Waals surface area contributed by atoms with Gasteiger partial charge < -0.3 is 14.2 Å². The molecular formula is C24H29FN2O4. The number of esters is 1. The van der Waals surface area contributed by atoms with Gasteiger partial charge in [0.2, 0.25) is 5.91 Å². The number of benzene rings is 1. The number of rotatable bonds is 7. The molecule has 0 N–H and O–H groups in total. The van der Waals surface area contributed by atoms with E-state index in [9.17, 15) is 18.8 Å². The second kappa shape index (κ2) is 9.04. The maximum Gasteiger partial charge on any atom is 0.354 e. The molecule has 1 heterocycles. The third kappa shape index (κ3) is 4.27. The molecule has 1 saturated carbocycles. The zero-order valence-corrected chi connectivity index (χ0v) is 18.7. The van der Waals surface area contributed by atoms with Crippen molar-refractivity contribution in [3.8, 4) is 0 Å². The topological polar surface area (TPSA) is 68.6 Å². The number of carbonyl (C=O) groups is 3. The van der Waals surface area contributed by atoms with E-state index in [0.717, 1.165) is 24.8 Å². The summed E-state index contributed by atoms with van der Waals surface area (Å²) in [5.74, 6) is -1.23. The second-order valence-corrected chi connectivity index (χ2v) is 8.25. The molecule has 0 bridgehead atoms. The maximum absolute atomic E-state index is 13.6. The number of nitrogens with zero attached hydrogens (tertiary/aromatic N) is 2. The maximum atomic E-state index is 13.6. The van der Waals surface area contributed by atoms with Crippen molar-refractivity contribution in [1.82, 2.24) is 9.47 Å². The van der Waals surface area contributed by atoms with Crippen molar-refractivity contribution >= 4 is 17.7 Å². The summed E-state index contributed by atoms with van der Waals surface area (Å²) in [4.78, 5) is 40.6. The normalized spacial score (nSPS) is 14.6. The summed E-state index contributed by atoms with van der Waals surface area (Å²) in [6.07, 6.45) is 2.63. The highest BCUT2D eigenvalue weighted by atomic mass is 19.1. The molecule has 166 valence electrons. The van der Waals surface area contributed by atoms with Gasteiger partial charge in [-0.1, -0.05) is 18.6 Å². The zero-order valence-electron chi connectivity index (χ0n) is 18.7. The van der Waals surface area contributed by atoms with Crippen LogP contribution >= 0.6 is 0 Å². The standard InChI is InChI=1S/C24H29FN2O4/c1-14-20(15(2)26(4)21(14)24(30)31-5)22(28)16(3)27(23(29)18-7-6-8-18)13-17-9-11-19(25)12-10-17/h9-12,16,18H,6-8,13H2,1-5H3/t16-/m0/s1. The van der Waals surface area contributed by atoms with Crippen molar-refractivity contribution in [2.75, 3.05) is 7.11 Å². The Labute approximate surface area is 182 Å². The fourth-order valence-electron chi connectivity index (χ4n) is 4.16. The molecule has 3 rings (SSSR count). The van der Waals surface area contributed by atoms with Crippen molar-refractivity contribution in [1.29, 1.82) is 0 Å². The first-order valence-electron chi connectivity index (χ1n) is 10.5. The third-order valence-electron chi connectivity index (χ3n) is 6.41. The van der Waals surface area contributed by atoms with Crippen molar-refractivity contribution in [3.63, 3.8) is 0 Å². The highest BCUT2D eigenvalue weighted by Gasteiger charge is 2.36. The molecule has 2 aromatic rings. The zero-order chi connectivity index (χ0) is 22.9. The van der Waals surface area contributed by atoms with Crippen LogP contribution in [-0.2, 0) is 23.1 Å². The van der Waals surface area contributed by atoms with Gasteiger partial charge >= 0.3 is 5.97 Å². The van der Waals surface area contributed by atoms with Gasteiger partial charge in [0.05, 0.1) is 13.2 Å². The molecular weight excluding hydrogens is 399 g/mol. The molecule has 31 heavy (non-hydrogen) atoms. The Balaban J connectivity index is 1.96. The lowest BCUT2D eigenvalue weighted by molar-refractivity contribution is -0.140. The summed E-state index contributed by atoms with van der Waals surface area (Å²) in [6, 6.07) is 5.22. The van der Waals surface area contributed by atoms with Crippen LogP contribution in [0.3, 0.4) is 0 Å². The quantitative estimate of drug-likeness (QED) is 0.494. The molecule has 1 aliphatic rings. The van der Waals surface area contributed by atoms with Crippen LogP contribution in [0.5, 0.6) is 0 Å². The smallest absolute Gasteiger partial charge is 0.354 e. The summed E-state index contributed by atoms with van der Waals surface area (Å²) >= 11 is 0. The van der Waals surface area contributed by atoms with E-state index in [1.165, 1.54) is 19.2 Å². The van der Waals surface area contributed by atoms with Gasteiger partial charge in [-0.05, 0) is 56.9 Å². The minimum absolute atomic E-state index is 0.0594. The first-order valence-corrected chi connectivity index (χ1v) is 10.5. The highest BCUT2D eigenvalue weighted by Crippen LogP contribution is 2.31.